The van der Waals surface area contributed by atoms with Gasteiger partial charge in [-0.1, -0.05) is 0 Å². The third-order valence-electron chi connectivity index (χ3n) is 3.29. The molecule has 7 nitrogen and oxygen atoms in total. The van der Waals surface area contributed by atoms with Gasteiger partial charge >= 0.3 is 12.1 Å². The molecule has 0 bridgehead atoms. The average Bonchev–Trinajstić information content (AvgIpc) is 2.83. The van der Waals surface area contributed by atoms with Crippen LogP contribution in [0.5, 0.6) is 0 Å². The molecule has 0 saturated carbocycles. The molecule has 0 aromatic carbocycles. The van der Waals surface area contributed by atoms with Crippen LogP contribution in [0, 0.1) is 0 Å². The smallest absolute Gasteiger partial charge is 0.410 e. The molecule has 130 valence electrons. The first-order valence-electron chi connectivity index (χ1n) is 7.56. The molecular formula is C15H24N2O5S. The SMILES string of the molecule is CCOC(=O)C1=C(NC(C)=O)C(CCSC)N(C(=O)OCC)C1. The van der Waals surface area contributed by atoms with Crippen LogP contribution in [-0.2, 0) is 19.1 Å². The second-order valence-electron chi connectivity index (χ2n) is 4.92. The summed E-state index contributed by atoms with van der Waals surface area (Å²) in [5.41, 5.74) is 0.749. The fourth-order valence-corrected chi connectivity index (χ4v) is 2.85. The molecule has 0 aromatic heterocycles. The quantitative estimate of drug-likeness (QED) is 0.705. The van der Waals surface area contributed by atoms with Gasteiger partial charge in [0.2, 0.25) is 5.91 Å². The lowest BCUT2D eigenvalue weighted by molar-refractivity contribution is -0.138. The number of nitrogens with one attached hydrogen (secondary N) is 1. The Bertz CT molecular complexity index is 492. The summed E-state index contributed by atoms with van der Waals surface area (Å²) in [5.74, 6) is -0.0291. The maximum absolute atomic E-state index is 12.2. The average molecular weight is 344 g/mol. The predicted molar refractivity (Wildman–Crippen MR) is 88.0 cm³/mol. The van der Waals surface area contributed by atoms with E-state index in [9.17, 15) is 14.4 Å². The molecule has 1 atom stereocenters. The standard InChI is InChI=1S/C15H24N2O5S/c1-5-21-14(19)11-9-17(15(20)22-6-2)12(7-8-23-4)13(11)16-10(3)18/h12H,5-9H2,1-4H3,(H,16,18). The number of thioether (sulfide) groups is 1. The van der Waals surface area contributed by atoms with E-state index in [1.54, 1.807) is 25.6 Å². The van der Waals surface area contributed by atoms with Crippen molar-refractivity contribution in [2.75, 3.05) is 31.8 Å². The Morgan fingerprint density at radius 2 is 1.91 bits per heavy atom. The van der Waals surface area contributed by atoms with Crippen molar-refractivity contribution >= 4 is 29.7 Å². The molecule has 2 amide bonds. The van der Waals surface area contributed by atoms with Gasteiger partial charge in [0.25, 0.3) is 0 Å². The summed E-state index contributed by atoms with van der Waals surface area (Å²) in [7, 11) is 0. The summed E-state index contributed by atoms with van der Waals surface area (Å²) in [6.45, 7) is 5.35. The lowest BCUT2D eigenvalue weighted by Crippen LogP contribution is -2.41. The number of amides is 2. The molecule has 1 aliphatic rings. The second kappa shape index (κ2) is 9.44. The molecule has 0 fully saturated rings. The Morgan fingerprint density at radius 3 is 2.43 bits per heavy atom. The zero-order valence-electron chi connectivity index (χ0n) is 14.0. The fourth-order valence-electron chi connectivity index (χ4n) is 2.39. The number of hydrogen-bond donors (Lipinski definition) is 1. The normalized spacial score (nSPS) is 17.2. The molecular weight excluding hydrogens is 320 g/mol. The van der Waals surface area contributed by atoms with Crippen LogP contribution < -0.4 is 5.32 Å². The molecule has 0 spiro atoms. The van der Waals surface area contributed by atoms with E-state index in [0.29, 0.717) is 17.7 Å². The van der Waals surface area contributed by atoms with Gasteiger partial charge in [0.05, 0.1) is 37.1 Å². The highest BCUT2D eigenvalue weighted by Crippen LogP contribution is 2.28. The molecule has 1 N–H and O–H groups in total. The number of esters is 1. The van der Waals surface area contributed by atoms with Crippen LogP contribution in [0.3, 0.4) is 0 Å². The van der Waals surface area contributed by atoms with Gasteiger partial charge in [-0.25, -0.2) is 9.59 Å². The van der Waals surface area contributed by atoms with E-state index < -0.39 is 18.1 Å². The number of carbonyl (C=O) groups excluding carboxylic acids is 3. The number of hydrogen-bond acceptors (Lipinski definition) is 6. The fraction of sp³-hybridized carbons (Fsp3) is 0.667. The molecule has 0 aromatic rings. The molecule has 1 unspecified atom stereocenters. The van der Waals surface area contributed by atoms with E-state index >= 15 is 0 Å². The highest BCUT2D eigenvalue weighted by atomic mass is 32.2. The van der Waals surface area contributed by atoms with Crippen molar-refractivity contribution in [1.29, 1.82) is 0 Å². The van der Waals surface area contributed by atoms with Gasteiger partial charge in [0.1, 0.15) is 0 Å². The third kappa shape index (κ3) is 5.16. The largest absolute Gasteiger partial charge is 0.463 e. The lowest BCUT2D eigenvalue weighted by atomic mass is 10.1. The van der Waals surface area contributed by atoms with E-state index in [-0.39, 0.29) is 25.7 Å². The van der Waals surface area contributed by atoms with E-state index in [1.165, 1.54) is 11.8 Å². The number of carbonyl (C=O) groups is 3. The molecule has 1 heterocycles. The van der Waals surface area contributed by atoms with Crippen LogP contribution >= 0.6 is 11.8 Å². The van der Waals surface area contributed by atoms with Gasteiger partial charge in [-0.2, -0.15) is 11.8 Å². The Balaban J connectivity index is 3.13. The van der Waals surface area contributed by atoms with Crippen LogP contribution in [0.1, 0.15) is 27.2 Å². The van der Waals surface area contributed by atoms with Crippen LogP contribution in [0.2, 0.25) is 0 Å². The maximum atomic E-state index is 12.2. The summed E-state index contributed by atoms with van der Waals surface area (Å²) >= 11 is 1.63. The second-order valence-corrected chi connectivity index (χ2v) is 5.90. The van der Waals surface area contributed by atoms with Crippen LogP contribution in [-0.4, -0.2) is 60.7 Å². The Kier molecular flexibility index (Phi) is 7.94. The van der Waals surface area contributed by atoms with Gasteiger partial charge < -0.3 is 14.8 Å². The molecule has 0 aliphatic carbocycles. The third-order valence-corrected chi connectivity index (χ3v) is 3.94. The van der Waals surface area contributed by atoms with Gasteiger partial charge in [-0.15, -0.1) is 0 Å². The van der Waals surface area contributed by atoms with Crippen molar-refractivity contribution in [2.24, 2.45) is 0 Å². The minimum Gasteiger partial charge on any atom is -0.463 e. The molecule has 1 rings (SSSR count). The Labute approximate surface area is 140 Å². The Hall–Kier alpha value is -1.70. The highest BCUT2D eigenvalue weighted by molar-refractivity contribution is 7.98. The topological polar surface area (TPSA) is 84.9 Å². The summed E-state index contributed by atoms with van der Waals surface area (Å²) < 4.78 is 10.1. The van der Waals surface area contributed by atoms with Gasteiger partial charge in [-0.3, -0.25) is 9.69 Å². The first-order valence-corrected chi connectivity index (χ1v) is 8.95. The first-order chi connectivity index (χ1) is 11.0. The van der Waals surface area contributed by atoms with E-state index in [0.717, 1.165) is 5.75 Å². The Morgan fingerprint density at radius 1 is 1.26 bits per heavy atom. The lowest BCUT2D eigenvalue weighted by Gasteiger charge is -2.26. The van der Waals surface area contributed by atoms with Crippen LogP contribution in [0.15, 0.2) is 11.3 Å². The molecule has 8 heteroatoms. The zero-order valence-corrected chi connectivity index (χ0v) is 14.8. The van der Waals surface area contributed by atoms with Crippen molar-refractivity contribution in [1.82, 2.24) is 10.2 Å². The van der Waals surface area contributed by atoms with E-state index in [2.05, 4.69) is 5.32 Å². The number of rotatable bonds is 7. The van der Waals surface area contributed by atoms with Crippen molar-refractivity contribution < 1.29 is 23.9 Å². The minimum atomic E-state index is -0.516. The number of nitrogens with zero attached hydrogens (tertiary/aromatic N) is 1. The number of ether oxygens (including phenoxy) is 2. The van der Waals surface area contributed by atoms with Gasteiger partial charge in [-0.05, 0) is 32.3 Å². The van der Waals surface area contributed by atoms with Crippen molar-refractivity contribution in [3.05, 3.63) is 11.3 Å². The van der Waals surface area contributed by atoms with Crippen LogP contribution in [0.25, 0.3) is 0 Å². The van der Waals surface area contributed by atoms with Gasteiger partial charge in [0.15, 0.2) is 0 Å². The summed E-state index contributed by atoms with van der Waals surface area (Å²) in [4.78, 5) is 37.3. The molecule has 1 aliphatic heterocycles. The molecule has 23 heavy (non-hydrogen) atoms. The van der Waals surface area contributed by atoms with Crippen LogP contribution in [0.4, 0.5) is 4.79 Å². The maximum Gasteiger partial charge on any atom is 0.410 e. The monoisotopic (exact) mass is 344 g/mol. The molecule has 0 saturated heterocycles. The predicted octanol–water partition coefficient (Wildman–Crippen LogP) is 1.53. The van der Waals surface area contributed by atoms with E-state index in [4.69, 9.17) is 9.47 Å². The summed E-state index contributed by atoms with van der Waals surface area (Å²) in [6, 6.07) is -0.398. The van der Waals surface area contributed by atoms with Crippen molar-refractivity contribution in [3.63, 3.8) is 0 Å². The van der Waals surface area contributed by atoms with Gasteiger partial charge in [0, 0.05) is 6.92 Å². The highest BCUT2D eigenvalue weighted by Gasteiger charge is 2.39. The summed E-state index contributed by atoms with van der Waals surface area (Å²) in [6.07, 6.45) is 2.07. The van der Waals surface area contributed by atoms with E-state index in [1.807, 2.05) is 6.26 Å². The zero-order chi connectivity index (χ0) is 17.4. The molecule has 0 radical (unpaired) electrons. The van der Waals surface area contributed by atoms with Crippen molar-refractivity contribution in [3.8, 4) is 0 Å². The minimum absolute atomic E-state index is 0.0757. The summed E-state index contributed by atoms with van der Waals surface area (Å²) in [5, 5.41) is 2.70. The van der Waals surface area contributed by atoms with Crippen molar-refractivity contribution in [2.45, 2.75) is 33.2 Å². The first kappa shape index (κ1) is 19.3.